The molecule has 0 unspecified atom stereocenters. The van der Waals surface area contributed by atoms with E-state index in [2.05, 4.69) is 15.0 Å². The van der Waals surface area contributed by atoms with Crippen LogP contribution < -0.4 is 4.83 Å². The monoisotopic (exact) mass is 474 g/mol. The lowest BCUT2D eigenvalue weighted by Crippen LogP contribution is -2.29. The quantitative estimate of drug-likeness (QED) is 0.632. The van der Waals surface area contributed by atoms with Crippen LogP contribution in [0.5, 0.6) is 0 Å². The van der Waals surface area contributed by atoms with Crippen molar-refractivity contribution in [3.63, 3.8) is 0 Å². The highest BCUT2D eigenvalue weighted by Crippen LogP contribution is 2.28. The van der Waals surface area contributed by atoms with Crippen molar-refractivity contribution in [3.05, 3.63) is 57.6 Å². The van der Waals surface area contributed by atoms with E-state index in [1.165, 1.54) is 19.2 Å². The van der Waals surface area contributed by atoms with Gasteiger partial charge in [-0.3, -0.25) is 0 Å². The van der Waals surface area contributed by atoms with Gasteiger partial charge in [-0.05, 0) is 38.1 Å². The van der Waals surface area contributed by atoms with E-state index in [-0.39, 0.29) is 9.79 Å². The summed E-state index contributed by atoms with van der Waals surface area (Å²) >= 11 is 11.5. The number of halogens is 2. The van der Waals surface area contributed by atoms with E-state index in [1.54, 1.807) is 38.1 Å². The van der Waals surface area contributed by atoms with Crippen LogP contribution in [0.2, 0.25) is 10.0 Å². The predicted molar refractivity (Wildman–Crippen MR) is 113 cm³/mol. The zero-order chi connectivity index (χ0) is 21.6. The van der Waals surface area contributed by atoms with Crippen molar-refractivity contribution in [2.24, 2.45) is 10.2 Å². The second-order valence-electron chi connectivity index (χ2n) is 6.20. The maximum atomic E-state index is 11.9. The van der Waals surface area contributed by atoms with Crippen LogP contribution in [0.3, 0.4) is 0 Å². The van der Waals surface area contributed by atoms with Gasteiger partial charge >= 0.3 is 0 Å². The van der Waals surface area contributed by atoms with Crippen LogP contribution in [0.25, 0.3) is 0 Å². The number of benzene rings is 2. The number of sulfonamides is 2. The summed E-state index contributed by atoms with van der Waals surface area (Å²) in [4.78, 5) is 2.48. The van der Waals surface area contributed by atoms with Gasteiger partial charge in [0, 0.05) is 28.2 Å². The smallest absolute Gasteiger partial charge is 0.200 e. The second-order valence-corrected chi connectivity index (χ2v) is 10.6. The van der Waals surface area contributed by atoms with Crippen molar-refractivity contribution in [2.45, 2.75) is 23.6 Å². The molecule has 2 aliphatic rings. The van der Waals surface area contributed by atoms with E-state index in [0.717, 1.165) is 4.41 Å². The molecule has 2 aromatic carbocycles. The Hall–Kier alpha value is -2.14. The number of hydrazone groups is 2. The molecule has 154 valence electrons. The molecule has 0 bridgehead atoms. The molecule has 0 spiro atoms. The average molecular weight is 475 g/mol. The molecule has 0 atom stereocenters. The summed E-state index contributed by atoms with van der Waals surface area (Å²) in [6.45, 7) is 3.49. The van der Waals surface area contributed by atoms with Crippen molar-refractivity contribution >= 4 is 54.7 Å². The Morgan fingerprint density at radius 2 is 1.38 bits per heavy atom. The van der Waals surface area contributed by atoms with Crippen LogP contribution in [0.4, 0.5) is 0 Å². The van der Waals surface area contributed by atoms with E-state index >= 15 is 0 Å². The standard InChI is InChI=1S/C9H9ClN2O2S.C8H7ClN2O2S/c1-6-8-4-3-7(10)5-9(8)15(13,14)12(2)11-6;1-5-7-3-2-6(9)4-8(7)14(12,13)11-10-5/h3-5H,1-2H3;2-4,11H,1H3. The molecule has 0 aliphatic carbocycles. The Morgan fingerprint density at radius 3 is 1.97 bits per heavy atom. The zero-order valence-corrected chi connectivity index (χ0v) is 18.7. The first-order valence-electron chi connectivity index (χ1n) is 8.13. The van der Waals surface area contributed by atoms with Gasteiger partial charge in [-0.25, -0.2) is 0 Å². The molecular formula is C17H16Cl2N4O4S2. The molecule has 29 heavy (non-hydrogen) atoms. The Balaban J connectivity index is 0.000000166. The van der Waals surface area contributed by atoms with Gasteiger partial charge < -0.3 is 0 Å². The molecule has 2 aromatic rings. The minimum absolute atomic E-state index is 0.178. The summed E-state index contributed by atoms with van der Waals surface area (Å²) < 4.78 is 47.7. The predicted octanol–water partition coefficient (Wildman–Crippen LogP) is 3.05. The van der Waals surface area contributed by atoms with Crippen molar-refractivity contribution in [1.82, 2.24) is 9.25 Å². The summed E-state index contributed by atoms with van der Waals surface area (Å²) in [5.74, 6) is 0. The summed E-state index contributed by atoms with van der Waals surface area (Å²) in [6, 6.07) is 9.47. The van der Waals surface area contributed by atoms with Crippen LogP contribution in [-0.2, 0) is 20.0 Å². The molecule has 12 heteroatoms. The lowest BCUT2D eigenvalue weighted by Gasteiger charge is -2.22. The Bertz CT molecular complexity index is 1270. The molecule has 0 amide bonds. The molecule has 2 heterocycles. The van der Waals surface area contributed by atoms with E-state index in [4.69, 9.17) is 23.2 Å². The van der Waals surface area contributed by atoms with E-state index in [0.29, 0.717) is 32.6 Å². The van der Waals surface area contributed by atoms with Gasteiger partial charge in [0.15, 0.2) is 0 Å². The number of hydrogen-bond acceptors (Lipinski definition) is 6. The van der Waals surface area contributed by atoms with Crippen LogP contribution in [0.15, 0.2) is 56.4 Å². The molecule has 0 saturated carbocycles. The number of fused-ring (bicyclic) bond motifs is 2. The van der Waals surface area contributed by atoms with Crippen LogP contribution in [-0.4, -0.2) is 39.7 Å². The topological polar surface area (TPSA) is 108 Å². The zero-order valence-electron chi connectivity index (χ0n) is 15.5. The highest BCUT2D eigenvalue weighted by molar-refractivity contribution is 7.89. The van der Waals surface area contributed by atoms with Gasteiger partial charge in [0.2, 0.25) is 0 Å². The normalized spacial score (nSPS) is 18.2. The summed E-state index contributed by atoms with van der Waals surface area (Å²) in [5, 5.41) is 8.41. The molecule has 0 fully saturated rings. The second kappa shape index (κ2) is 7.60. The summed E-state index contributed by atoms with van der Waals surface area (Å²) in [7, 11) is -5.63. The number of nitrogens with zero attached hydrogens (tertiary/aromatic N) is 3. The fourth-order valence-corrected chi connectivity index (χ4v) is 5.63. The average Bonchev–Trinajstić information content (AvgIpc) is 2.64. The number of nitrogens with one attached hydrogen (secondary N) is 1. The lowest BCUT2D eigenvalue weighted by atomic mass is 10.1. The third-order valence-corrected chi connectivity index (χ3v) is 7.60. The highest BCUT2D eigenvalue weighted by Gasteiger charge is 2.28. The maximum absolute atomic E-state index is 11.9. The molecule has 0 radical (unpaired) electrons. The fourth-order valence-electron chi connectivity index (χ4n) is 2.73. The van der Waals surface area contributed by atoms with Gasteiger partial charge in [-0.2, -0.15) is 36.3 Å². The Kier molecular flexibility index (Phi) is 5.65. The summed E-state index contributed by atoms with van der Waals surface area (Å²) in [6.07, 6.45) is 0. The third kappa shape index (κ3) is 4.11. The molecular weight excluding hydrogens is 459 g/mol. The first-order valence-corrected chi connectivity index (χ1v) is 11.8. The molecule has 0 aromatic heterocycles. The third-order valence-electron chi connectivity index (χ3n) is 4.21. The Labute approximate surface area is 178 Å². The molecule has 8 nitrogen and oxygen atoms in total. The van der Waals surface area contributed by atoms with Gasteiger partial charge in [-0.15, -0.1) is 0 Å². The van der Waals surface area contributed by atoms with Crippen LogP contribution in [0.1, 0.15) is 25.0 Å². The highest BCUT2D eigenvalue weighted by atomic mass is 35.5. The molecule has 1 N–H and O–H groups in total. The van der Waals surface area contributed by atoms with Crippen LogP contribution in [0, 0.1) is 0 Å². The van der Waals surface area contributed by atoms with Gasteiger partial charge in [0.05, 0.1) is 21.2 Å². The molecule has 2 aliphatic heterocycles. The van der Waals surface area contributed by atoms with E-state index in [1.807, 2.05) is 0 Å². The van der Waals surface area contributed by atoms with Crippen LogP contribution >= 0.6 is 23.2 Å². The fraction of sp³-hybridized carbons (Fsp3) is 0.176. The largest absolute Gasteiger partial charge is 0.279 e. The van der Waals surface area contributed by atoms with Crippen molar-refractivity contribution < 1.29 is 16.8 Å². The van der Waals surface area contributed by atoms with E-state index in [9.17, 15) is 16.8 Å². The maximum Gasteiger partial charge on any atom is 0.279 e. The number of rotatable bonds is 0. The minimum atomic E-state index is -3.52. The van der Waals surface area contributed by atoms with Crippen molar-refractivity contribution in [2.75, 3.05) is 7.05 Å². The van der Waals surface area contributed by atoms with Crippen molar-refractivity contribution in [3.8, 4) is 0 Å². The van der Waals surface area contributed by atoms with Crippen molar-refractivity contribution in [1.29, 1.82) is 0 Å². The number of hydrogen-bond donors (Lipinski definition) is 1. The van der Waals surface area contributed by atoms with Gasteiger partial charge in [0.1, 0.15) is 0 Å². The minimum Gasteiger partial charge on any atom is -0.200 e. The SMILES string of the molecule is CC1=NN(C)S(=O)(=O)c2cc(Cl)ccc21.CC1=NNS(=O)(=O)c2cc(Cl)ccc21. The lowest BCUT2D eigenvalue weighted by molar-refractivity contribution is 0.485. The molecule has 4 rings (SSSR count). The molecule has 0 saturated heterocycles. The van der Waals surface area contributed by atoms with Gasteiger partial charge in [-0.1, -0.05) is 35.3 Å². The Morgan fingerprint density at radius 1 is 0.862 bits per heavy atom. The first kappa shape index (κ1) is 21.6. The van der Waals surface area contributed by atoms with Gasteiger partial charge in [0.25, 0.3) is 20.0 Å². The first-order chi connectivity index (χ1) is 13.4. The summed E-state index contributed by atoms with van der Waals surface area (Å²) in [5.41, 5.74) is 2.50. The van der Waals surface area contributed by atoms with E-state index < -0.39 is 20.0 Å².